The van der Waals surface area contributed by atoms with Crippen molar-refractivity contribution in [3.8, 4) is 0 Å². The van der Waals surface area contributed by atoms with E-state index in [0.29, 0.717) is 4.67 Å². The third-order valence-electron chi connectivity index (χ3n) is 1.80. The number of rotatable bonds is 5. The molecule has 1 aromatic heterocycles. The minimum Gasteiger partial charge on any atom is -0.444 e. The van der Waals surface area contributed by atoms with Crippen molar-refractivity contribution in [2.45, 2.75) is 6.43 Å². The monoisotopic (exact) mass is 297 g/mol. The second kappa shape index (κ2) is 5.95. The van der Waals surface area contributed by atoms with Gasteiger partial charge in [0, 0.05) is 6.54 Å². The van der Waals surface area contributed by atoms with Crippen molar-refractivity contribution in [3.05, 3.63) is 22.6 Å². The number of nitrogens with zero attached hydrogens (tertiary/aromatic N) is 1. The van der Waals surface area contributed by atoms with E-state index in [-0.39, 0.29) is 18.9 Å². The summed E-state index contributed by atoms with van der Waals surface area (Å²) in [5.41, 5.74) is 0. The summed E-state index contributed by atoms with van der Waals surface area (Å²) in [6.07, 6.45) is -2.64. The molecule has 0 unspecified atom stereocenters. The lowest BCUT2D eigenvalue weighted by Crippen LogP contribution is -2.37. The van der Waals surface area contributed by atoms with Gasteiger partial charge in [0.05, 0.1) is 13.2 Å². The van der Waals surface area contributed by atoms with E-state index in [0.717, 1.165) is 4.90 Å². The van der Waals surface area contributed by atoms with Crippen LogP contribution in [0.4, 0.5) is 8.78 Å². The summed E-state index contributed by atoms with van der Waals surface area (Å²) in [7, 11) is 0. The molecular formula is C9H10BrF2NO3. The SMILES string of the molecule is O=C(c1ccc(Br)o1)N(CCO)CC(F)F. The molecule has 1 N–H and O–H groups in total. The first kappa shape index (κ1) is 13.1. The highest BCUT2D eigenvalue weighted by Crippen LogP contribution is 2.16. The third kappa shape index (κ3) is 3.57. The number of aliphatic hydroxyl groups is 1. The predicted octanol–water partition coefficient (Wildman–Crippen LogP) is 1.74. The zero-order valence-electron chi connectivity index (χ0n) is 8.20. The maximum Gasteiger partial charge on any atom is 0.289 e. The van der Waals surface area contributed by atoms with Gasteiger partial charge in [0.15, 0.2) is 10.4 Å². The maximum absolute atomic E-state index is 12.2. The second-order valence-electron chi connectivity index (χ2n) is 2.97. The average molecular weight is 298 g/mol. The molecule has 90 valence electrons. The summed E-state index contributed by atoms with van der Waals surface area (Å²) >= 11 is 3.00. The molecule has 4 nitrogen and oxygen atoms in total. The average Bonchev–Trinajstić information content (AvgIpc) is 2.62. The highest BCUT2D eigenvalue weighted by atomic mass is 79.9. The zero-order valence-corrected chi connectivity index (χ0v) is 9.78. The number of hydrogen-bond donors (Lipinski definition) is 1. The van der Waals surface area contributed by atoms with Crippen LogP contribution in [0, 0.1) is 0 Å². The lowest BCUT2D eigenvalue weighted by molar-refractivity contribution is 0.0482. The van der Waals surface area contributed by atoms with Gasteiger partial charge in [-0.25, -0.2) is 8.78 Å². The summed E-state index contributed by atoms with van der Waals surface area (Å²) in [5, 5.41) is 8.67. The fourth-order valence-corrected chi connectivity index (χ4v) is 1.45. The topological polar surface area (TPSA) is 53.7 Å². The normalized spacial score (nSPS) is 10.8. The molecule has 0 fully saturated rings. The Hall–Kier alpha value is -0.950. The molecule has 0 atom stereocenters. The molecule has 1 amide bonds. The van der Waals surface area contributed by atoms with Crippen molar-refractivity contribution >= 4 is 21.8 Å². The number of furan rings is 1. The van der Waals surface area contributed by atoms with Gasteiger partial charge in [-0.1, -0.05) is 0 Å². The smallest absolute Gasteiger partial charge is 0.289 e. The van der Waals surface area contributed by atoms with E-state index in [1.165, 1.54) is 12.1 Å². The van der Waals surface area contributed by atoms with Gasteiger partial charge in [-0.2, -0.15) is 0 Å². The van der Waals surface area contributed by atoms with Gasteiger partial charge in [-0.15, -0.1) is 0 Å². The van der Waals surface area contributed by atoms with E-state index < -0.39 is 18.9 Å². The van der Waals surface area contributed by atoms with E-state index in [9.17, 15) is 13.6 Å². The van der Waals surface area contributed by atoms with Crippen LogP contribution < -0.4 is 0 Å². The van der Waals surface area contributed by atoms with Crippen molar-refractivity contribution in [1.82, 2.24) is 4.90 Å². The van der Waals surface area contributed by atoms with Crippen LogP contribution in [0.3, 0.4) is 0 Å². The molecule has 1 heterocycles. The molecular weight excluding hydrogens is 288 g/mol. The highest BCUT2D eigenvalue weighted by molar-refractivity contribution is 9.10. The Kier molecular flexibility index (Phi) is 4.88. The number of hydrogen-bond acceptors (Lipinski definition) is 3. The molecule has 0 aromatic carbocycles. The zero-order chi connectivity index (χ0) is 12.1. The number of amides is 1. The van der Waals surface area contributed by atoms with Crippen molar-refractivity contribution in [2.24, 2.45) is 0 Å². The van der Waals surface area contributed by atoms with Crippen molar-refractivity contribution in [1.29, 1.82) is 0 Å². The van der Waals surface area contributed by atoms with Crippen LogP contribution in [0.5, 0.6) is 0 Å². The summed E-state index contributed by atoms with van der Waals surface area (Å²) in [6, 6.07) is 2.87. The van der Waals surface area contributed by atoms with Crippen molar-refractivity contribution < 1.29 is 23.1 Å². The Morgan fingerprint density at radius 3 is 2.69 bits per heavy atom. The summed E-state index contributed by atoms with van der Waals surface area (Å²) in [4.78, 5) is 12.5. The molecule has 0 aliphatic heterocycles. The number of alkyl halides is 2. The van der Waals surface area contributed by atoms with E-state index in [1.54, 1.807) is 0 Å². The number of aliphatic hydroxyl groups excluding tert-OH is 1. The molecule has 1 rings (SSSR count). The van der Waals surface area contributed by atoms with Gasteiger partial charge in [0.2, 0.25) is 0 Å². The molecule has 0 saturated carbocycles. The van der Waals surface area contributed by atoms with Gasteiger partial charge in [0.1, 0.15) is 0 Å². The Labute approximate surface area is 99.0 Å². The van der Waals surface area contributed by atoms with Crippen LogP contribution in [-0.2, 0) is 0 Å². The third-order valence-corrected chi connectivity index (χ3v) is 2.23. The number of carbonyl (C=O) groups is 1. The Balaban J connectivity index is 2.74. The van der Waals surface area contributed by atoms with E-state index in [2.05, 4.69) is 15.9 Å². The lowest BCUT2D eigenvalue weighted by Gasteiger charge is -2.19. The fourth-order valence-electron chi connectivity index (χ4n) is 1.15. The molecule has 0 saturated heterocycles. The predicted molar refractivity (Wildman–Crippen MR) is 55.4 cm³/mol. The summed E-state index contributed by atoms with van der Waals surface area (Å²) in [6.45, 7) is -1.25. The molecule has 7 heteroatoms. The Bertz CT molecular complexity index is 356. The summed E-state index contributed by atoms with van der Waals surface area (Å²) < 4.78 is 29.6. The molecule has 0 aliphatic carbocycles. The molecule has 0 radical (unpaired) electrons. The summed E-state index contributed by atoms with van der Waals surface area (Å²) in [5.74, 6) is -0.707. The van der Waals surface area contributed by atoms with E-state index in [4.69, 9.17) is 9.52 Å². The van der Waals surface area contributed by atoms with Crippen LogP contribution in [0.1, 0.15) is 10.6 Å². The largest absolute Gasteiger partial charge is 0.444 e. The first-order chi connectivity index (χ1) is 7.54. The van der Waals surface area contributed by atoms with Crippen molar-refractivity contribution in [2.75, 3.05) is 19.7 Å². The Morgan fingerprint density at radius 1 is 1.56 bits per heavy atom. The van der Waals surface area contributed by atoms with Gasteiger partial charge in [-0.05, 0) is 28.1 Å². The minimum absolute atomic E-state index is 0.0408. The van der Waals surface area contributed by atoms with Crippen molar-refractivity contribution in [3.63, 3.8) is 0 Å². The maximum atomic E-state index is 12.2. The van der Waals surface area contributed by atoms with Gasteiger partial charge >= 0.3 is 0 Å². The highest BCUT2D eigenvalue weighted by Gasteiger charge is 2.21. The first-order valence-electron chi connectivity index (χ1n) is 4.48. The van der Waals surface area contributed by atoms with E-state index >= 15 is 0 Å². The minimum atomic E-state index is -2.64. The van der Waals surface area contributed by atoms with Crippen LogP contribution in [0.15, 0.2) is 21.2 Å². The molecule has 16 heavy (non-hydrogen) atoms. The van der Waals surface area contributed by atoms with Gasteiger partial charge < -0.3 is 14.4 Å². The van der Waals surface area contributed by atoms with Crippen LogP contribution >= 0.6 is 15.9 Å². The van der Waals surface area contributed by atoms with Gasteiger partial charge in [0.25, 0.3) is 12.3 Å². The second-order valence-corrected chi connectivity index (χ2v) is 3.75. The van der Waals surface area contributed by atoms with Crippen LogP contribution in [-0.4, -0.2) is 42.0 Å². The molecule has 1 aromatic rings. The van der Waals surface area contributed by atoms with Crippen LogP contribution in [0.2, 0.25) is 0 Å². The quantitative estimate of drug-likeness (QED) is 0.901. The van der Waals surface area contributed by atoms with E-state index in [1.807, 2.05) is 0 Å². The molecule has 0 spiro atoms. The Morgan fingerprint density at radius 2 is 2.25 bits per heavy atom. The number of halogens is 3. The van der Waals surface area contributed by atoms with Gasteiger partial charge in [-0.3, -0.25) is 4.79 Å². The first-order valence-corrected chi connectivity index (χ1v) is 5.27. The van der Waals surface area contributed by atoms with Crippen LogP contribution in [0.25, 0.3) is 0 Å². The molecule has 0 aliphatic rings. The standard InChI is InChI=1S/C9H10BrF2NO3/c10-7-2-1-6(16-7)9(15)13(3-4-14)5-8(11)12/h1-2,8,14H,3-5H2. The molecule has 0 bridgehead atoms. The number of carbonyl (C=O) groups excluding carboxylic acids is 1. The lowest BCUT2D eigenvalue weighted by atomic mass is 10.3. The fraction of sp³-hybridized carbons (Fsp3) is 0.444.